The molecule has 3 nitrogen and oxygen atoms in total. The molecule has 2 aromatic carbocycles. The second kappa shape index (κ2) is 7.77. The Morgan fingerprint density at radius 3 is 2.59 bits per heavy atom. The second-order valence-corrected chi connectivity index (χ2v) is 7.48. The fraction of sp³-hybridized carbons (Fsp3) is 0.409. The number of aldehydes is 1. The van der Waals surface area contributed by atoms with Gasteiger partial charge in [-0.2, -0.15) is 0 Å². The molecule has 1 saturated heterocycles. The van der Waals surface area contributed by atoms with Crippen LogP contribution >= 0.6 is 0 Å². The Kier molecular flexibility index (Phi) is 5.21. The zero-order valence-electron chi connectivity index (χ0n) is 15.3. The van der Waals surface area contributed by atoms with Gasteiger partial charge in [-0.3, -0.25) is 0 Å². The Labute approximate surface area is 158 Å². The van der Waals surface area contributed by atoms with Crippen LogP contribution in [0.15, 0.2) is 42.5 Å². The van der Waals surface area contributed by atoms with Gasteiger partial charge in [0, 0.05) is 42.8 Å². The Morgan fingerprint density at radius 2 is 1.81 bits per heavy atom. The third-order valence-corrected chi connectivity index (χ3v) is 5.79. The summed E-state index contributed by atoms with van der Waals surface area (Å²) in [5.41, 5.74) is 3.03. The number of carbonyl (C=O) groups excluding carboxylic acids is 1. The van der Waals surface area contributed by atoms with E-state index in [0.717, 1.165) is 62.1 Å². The highest BCUT2D eigenvalue weighted by atomic mass is 19.1. The smallest absolute Gasteiger partial charge is 0.123 e. The van der Waals surface area contributed by atoms with Crippen LogP contribution in [0.3, 0.4) is 0 Å². The molecular weight excluding hydrogens is 346 g/mol. The van der Waals surface area contributed by atoms with Crippen LogP contribution in [0.5, 0.6) is 0 Å². The second-order valence-electron chi connectivity index (χ2n) is 7.48. The first-order valence-electron chi connectivity index (χ1n) is 9.67. The van der Waals surface area contributed by atoms with E-state index in [9.17, 15) is 13.6 Å². The van der Waals surface area contributed by atoms with E-state index < -0.39 is 0 Å². The molecule has 0 aromatic heterocycles. The van der Waals surface area contributed by atoms with Crippen molar-refractivity contribution >= 4 is 17.7 Å². The van der Waals surface area contributed by atoms with Crippen molar-refractivity contribution in [1.82, 2.24) is 4.90 Å². The maximum Gasteiger partial charge on any atom is 0.123 e. The van der Waals surface area contributed by atoms with Crippen LogP contribution in [0.2, 0.25) is 0 Å². The molecule has 0 radical (unpaired) electrons. The van der Waals surface area contributed by atoms with E-state index in [1.165, 1.54) is 18.2 Å². The number of likely N-dealkylation sites (tertiary alicyclic amines) is 1. The van der Waals surface area contributed by atoms with Gasteiger partial charge in [0.05, 0.1) is 0 Å². The molecule has 0 spiro atoms. The normalized spacial score (nSPS) is 21.8. The molecule has 0 aliphatic carbocycles. The molecule has 5 heteroatoms. The number of hydrogen-bond acceptors (Lipinski definition) is 3. The molecule has 27 heavy (non-hydrogen) atoms. The fourth-order valence-corrected chi connectivity index (χ4v) is 4.54. The van der Waals surface area contributed by atoms with Gasteiger partial charge in [-0.1, -0.05) is 0 Å². The average molecular weight is 370 g/mol. The lowest BCUT2D eigenvalue weighted by molar-refractivity contribution is -0.107. The van der Waals surface area contributed by atoms with Crippen molar-refractivity contribution in [2.45, 2.75) is 37.6 Å². The molecular formula is C22H24F2N2O. The molecule has 2 atom stereocenters. The fourth-order valence-electron chi connectivity index (χ4n) is 4.54. The van der Waals surface area contributed by atoms with Crippen LogP contribution in [0, 0.1) is 11.6 Å². The maximum atomic E-state index is 14.0. The van der Waals surface area contributed by atoms with E-state index in [1.807, 2.05) is 6.07 Å². The van der Waals surface area contributed by atoms with Crippen LogP contribution in [0.4, 0.5) is 20.2 Å². The molecule has 2 heterocycles. The minimum Gasteiger partial charge on any atom is -0.337 e. The average Bonchev–Trinajstić information content (AvgIpc) is 2.99. The van der Waals surface area contributed by atoms with Crippen LogP contribution in [-0.2, 0) is 4.79 Å². The summed E-state index contributed by atoms with van der Waals surface area (Å²) in [5, 5.41) is 0. The molecule has 2 aromatic rings. The highest BCUT2D eigenvalue weighted by Crippen LogP contribution is 2.48. The molecule has 2 aliphatic rings. The number of piperidine rings is 1. The van der Waals surface area contributed by atoms with Gasteiger partial charge in [0.15, 0.2) is 0 Å². The lowest BCUT2D eigenvalue weighted by Crippen LogP contribution is -2.45. The summed E-state index contributed by atoms with van der Waals surface area (Å²) >= 11 is 0. The summed E-state index contributed by atoms with van der Waals surface area (Å²) < 4.78 is 27.4. The van der Waals surface area contributed by atoms with Crippen molar-refractivity contribution in [3.8, 4) is 0 Å². The molecule has 1 fully saturated rings. The molecule has 0 amide bonds. The quantitative estimate of drug-likeness (QED) is 0.547. The van der Waals surface area contributed by atoms with Crippen LogP contribution in [-0.4, -0.2) is 36.9 Å². The Balaban J connectivity index is 1.59. The van der Waals surface area contributed by atoms with Gasteiger partial charge in [-0.15, -0.1) is 0 Å². The van der Waals surface area contributed by atoms with Crippen molar-refractivity contribution in [2.75, 3.05) is 24.5 Å². The van der Waals surface area contributed by atoms with Gasteiger partial charge in [0.25, 0.3) is 0 Å². The summed E-state index contributed by atoms with van der Waals surface area (Å²) in [7, 11) is 0. The number of anilines is 2. The van der Waals surface area contributed by atoms with Crippen molar-refractivity contribution in [2.24, 2.45) is 0 Å². The Hall–Kier alpha value is -2.27. The summed E-state index contributed by atoms with van der Waals surface area (Å²) in [6.45, 7) is 2.84. The first-order chi connectivity index (χ1) is 13.2. The number of halogens is 2. The minimum absolute atomic E-state index is 0.212. The molecule has 0 N–H and O–H groups in total. The predicted octanol–water partition coefficient (Wildman–Crippen LogP) is 4.64. The number of rotatable bonds is 6. The number of benzene rings is 2. The molecule has 0 saturated carbocycles. The lowest BCUT2D eigenvalue weighted by atomic mass is 9.89. The Morgan fingerprint density at radius 1 is 1.04 bits per heavy atom. The summed E-state index contributed by atoms with van der Waals surface area (Å²) in [6.07, 6.45) is 4.50. The molecule has 0 unspecified atom stereocenters. The van der Waals surface area contributed by atoms with Crippen molar-refractivity contribution in [3.05, 3.63) is 59.7 Å². The molecule has 2 aliphatic heterocycles. The monoisotopic (exact) mass is 370 g/mol. The maximum absolute atomic E-state index is 14.0. The van der Waals surface area contributed by atoms with E-state index in [4.69, 9.17) is 0 Å². The molecule has 142 valence electrons. The highest BCUT2D eigenvalue weighted by molar-refractivity contribution is 5.73. The zero-order valence-corrected chi connectivity index (χ0v) is 15.3. The number of unbranched alkanes of at least 4 members (excludes halogenated alkanes) is 2. The number of fused-ring (bicyclic) bond motifs is 3. The third-order valence-electron chi connectivity index (χ3n) is 5.79. The van der Waals surface area contributed by atoms with E-state index in [1.54, 1.807) is 18.2 Å². The SMILES string of the molecule is O=CCCCCN1CC[C@@H]2[C@@H](C1)c1cc(F)ccc1N2c1ccc(F)cc1. The first kappa shape index (κ1) is 18.1. The van der Waals surface area contributed by atoms with E-state index in [0.29, 0.717) is 6.42 Å². The van der Waals surface area contributed by atoms with Crippen molar-refractivity contribution in [1.29, 1.82) is 0 Å². The molecule has 0 bridgehead atoms. The Bertz CT molecular complexity index is 808. The number of hydrogen-bond donors (Lipinski definition) is 0. The van der Waals surface area contributed by atoms with E-state index in [2.05, 4.69) is 9.80 Å². The zero-order chi connectivity index (χ0) is 18.8. The van der Waals surface area contributed by atoms with Gasteiger partial charge >= 0.3 is 0 Å². The lowest BCUT2D eigenvalue weighted by Gasteiger charge is -2.39. The number of nitrogens with zero attached hydrogens (tertiary/aromatic N) is 2. The summed E-state index contributed by atoms with van der Waals surface area (Å²) in [4.78, 5) is 15.2. The van der Waals surface area contributed by atoms with Gasteiger partial charge in [-0.05, 0) is 73.8 Å². The van der Waals surface area contributed by atoms with Gasteiger partial charge in [0.2, 0.25) is 0 Å². The van der Waals surface area contributed by atoms with Crippen LogP contribution in [0.1, 0.15) is 37.2 Å². The van der Waals surface area contributed by atoms with Crippen LogP contribution in [0.25, 0.3) is 0 Å². The van der Waals surface area contributed by atoms with E-state index in [-0.39, 0.29) is 23.6 Å². The predicted molar refractivity (Wildman–Crippen MR) is 102 cm³/mol. The molecule has 4 rings (SSSR count). The van der Waals surface area contributed by atoms with E-state index >= 15 is 0 Å². The first-order valence-corrected chi connectivity index (χ1v) is 9.67. The van der Waals surface area contributed by atoms with Gasteiger partial charge in [0.1, 0.15) is 17.9 Å². The number of carbonyl (C=O) groups is 1. The van der Waals surface area contributed by atoms with Gasteiger partial charge < -0.3 is 14.6 Å². The van der Waals surface area contributed by atoms with Crippen molar-refractivity contribution < 1.29 is 13.6 Å². The third kappa shape index (κ3) is 3.61. The van der Waals surface area contributed by atoms with Gasteiger partial charge in [-0.25, -0.2) is 8.78 Å². The summed E-state index contributed by atoms with van der Waals surface area (Å²) in [6, 6.07) is 11.8. The highest BCUT2D eigenvalue weighted by Gasteiger charge is 2.42. The van der Waals surface area contributed by atoms with Crippen molar-refractivity contribution in [3.63, 3.8) is 0 Å². The topological polar surface area (TPSA) is 23.6 Å². The standard InChI is InChI=1S/C22H24F2N2O/c23-16-4-7-18(8-5-16)26-21-9-6-17(24)14-19(21)20-15-25(12-10-22(20)26)11-2-1-3-13-27/h4-9,13-14,20,22H,1-3,10-12,15H2/t20-,22+/m0/s1. The summed E-state index contributed by atoms with van der Waals surface area (Å²) in [5.74, 6) is -0.226. The minimum atomic E-state index is -0.251. The van der Waals surface area contributed by atoms with Crippen LogP contribution < -0.4 is 4.90 Å². The largest absolute Gasteiger partial charge is 0.337 e.